The van der Waals surface area contributed by atoms with E-state index in [4.69, 9.17) is 17.7 Å². The van der Waals surface area contributed by atoms with Crippen LogP contribution < -0.4 is 10.1 Å². The second-order valence-corrected chi connectivity index (χ2v) is 22.6. The number of carbonyl (C=O) groups is 2. The number of hydrogen-bond acceptors (Lipinski definition) is 6. The van der Waals surface area contributed by atoms with Crippen molar-refractivity contribution < 1.29 is 27.3 Å². The topological polar surface area (TPSA) is 83.1 Å². The van der Waals surface area contributed by atoms with Crippen LogP contribution in [0.2, 0.25) is 51.9 Å². The van der Waals surface area contributed by atoms with E-state index in [0.29, 0.717) is 24.3 Å². The Labute approximate surface area is 196 Å². The minimum Gasteiger partial charge on any atom is -0.497 e. The molecule has 0 unspecified atom stereocenters. The highest BCUT2D eigenvalue weighted by Gasteiger charge is 2.39. The number of hydrogen-bond donors (Lipinski definition) is 1. The summed E-state index contributed by atoms with van der Waals surface area (Å²) < 4.78 is 22.9. The Morgan fingerprint density at radius 1 is 0.906 bits per heavy atom. The monoisotopic (exact) mass is 497 g/mol. The first kappa shape index (κ1) is 28.3. The number of ether oxygens (including phenoxy) is 2. The number of amides is 1. The SMILES string of the molecule is COC(=O)C(=Cc1ccc(OC)cc1)C(=O)NCCC[Si](C)(O[Si](C)(C)C)O[Si](C)(C)C. The third kappa shape index (κ3) is 10.7. The normalized spacial score (nSPS) is 13.0. The predicted molar refractivity (Wildman–Crippen MR) is 136 cm³/mol. The molecule has 0 atom stereocenters. The van der Waals surface area contributed by atoms with E-state index in [1.807, 2.05) is 0 Å². The van der Waals surface area contributed by atoms with Gasteiger partial charge in [0, 0.05) is 6.54 Å². The van der Waals surface area contributed by atoms with Gasteiger partial charge in [0.05, 0.1) is 14.2 Å². The molecule has 0 radical (unpaired) electrons. The lowest BCUT2D eigenvalue weighted by atomic mass is 10.1. The Kier molecular flexibility index (Phi) is 10.6. The summed E-state index contributed by atoms with van der Waals surface area (Å²) in [7, 11) is -3.07. The van der Waals surface area contributed by atoms with Crippen LogP contribution in [0.4, 0.5) is 0 Å². The van der Waals surface area contributed by atoms with Crippen molar-refractivity contribution in [1.29, 1.82) is 0 Å². The van der Waals surface area contributed by atoms with Gasteiger partial charge in [0.25, 0.3) is 5.91 Å². The maximum Gasteiger partial charge on any atom is 0.343 e. The molecule has 0 spiro atoms. The fraction of sp³-hybridized carbons (Fsp3) is 0.545. The Morgan fingerprint density at radius 2 is 1.44 bits per heavy atom. The van der Waals surface area contributed by atoms with Gasteiger partial charge in [-0.2, -0.15) is 0 Å². The molecule has 1 aromatic rings. The molecule has 0 saturated heterocycles. The standard InChI is InChI=1S/C22H39NO6Si3/c1-26-19-13-11-18(12-14-19)17-20(22(25)27-2)21(24)23-15-10-16-32(9,28-30(3,4)5)29-31(6,7)8/h11-14,17H,10,15-16H2,1-9H3,(H,23,24). The van der Waals surface area contributed by atoms with Crippen LogP contribution in [0.25, 0.3) is 6.08 Å². The summed E-state index contributed by atoms with van der Waals surface area (Å²) in [5, 5.41) is 2.84. The zero-order valence-electron chi connectivity index (χ0n) is 21.0. The summed E-state index contributed by atoms with van der Waals surface area (Å²) in [6.07, 6.45) is 2.22. The van der Waals surface area contributed by atoms with Crippen LogP contribution in [0.15, 0.2) is 29.8 Å². The molecule has 1 aromatic carbocycles. The Bertz CT molecular complexity index is 781. The molecule has 1 amide bonds. The molecule has 1 N–H and O–H groups in total. The average Bonchev–Trinajstić information content (AvgIpc) is 2.66. The van der Waals surface area contributed by atoms with Gasteiger partial charge >= 0.3 is 14.5 Å². The second kappa shape index (κ2) is 11.9. The summed E-state index contributed by atoms with van der Waals surface area (Å²) in [5.74, 6) is -0.450. The molecule has 1 rings (SSSR count). The number of methoxy groups -OCH3 is 2. The highest BCUT2D eigenvalue weighted by molar-refractivity contribution is 6.87. The number of nitrogens with one attached hydrogen (secondary N) is 1. The molecular formula is C22H39NO6Si3. The van der Waals surface area contributed by atoms with Gasteiger partial charge in [-0.3, -0.25) is 4.79 Å². The fourth-order valence-corrected chi connectivity index (χ4v) is 15.9. The summed E-state index contributed by atoms with van der Waals surface area (Å²) in [6.45, 7) is 15.5. The molecule has 10 heteroatoms. The third-order valence-electron chi connectivity index (χ3n) is 4.21. The molecule has 0 aliphatic heterocycles. The van der Waals surface area contributed by atoms with E-state index >= 15 is 0 Å². The highest BCUT2D eigenvalue weighted by Crippen LogP contribution is 2.25. The first-order valence-corrected chi connectivity index (χ1v) is 20.1. The molecular weight excluding hydrogens is 459 g/mol. The summed E-state index contributed by atoms with van der Waals surface area (Å²) >= 11 is 0. The molecule has 0 fully saturated rings. The zero-order valence-corrected chi connectivity index (χ0v) is 24.0. The summed E-state index contributed by atoms with van der Waals surface area (Å²) in [4.78, 5) is 24.9. The van der Waals surface area contributed by atoms with E-state index in [2.05, 4.69) is 51.1 Å². The highest BCUT2D eigenvalue weighted by atomic mass is 28.5. The van der Waals surface area contributed by atoms with Gasteiger partial charge < -0.3 is 23.0 Å². The van der Waals surface area contributed by atoms with Crippen LogP contribution in [0.3, 0.4) is 0 Å². The van der Waals surface area contributed by atoms with Crippen molar-refractivity contribution >= 4 is 43.1 Å². The van der Waals surface area contributed by atoms with Crippen molar-refractivity contribution in [3.63, 3.8) is 0 Å². The second-order valence-electron chi connectivity index (χ2n) is 9.74. The smallest absolute Gasteiger partial charge is 0.343 e. The first-order chi connectivity index (χ1) is 14.7. The lowest BCUT2D eigenvalue weighted by Crippen LogP contribution is -2.52. The van der Waals surface area contributed by atoms with Crippen LogP contribution in [0, 0.1) is 0 Å². The van der Waals surface area contributed by atoms with Crippen LogP contribution in [0.1, 0.15) is 12.0 Å². The van der Waals surface area contributed by atoms with E-state index in [0.717, 1.165) is 6.04 Å². The van der Waals surface area contributed by atoms with E-state index in [1.54, 1.807) is 31.4 Å². The molecule has 32 heavy (non-hydrogen) atoms. The van der Waals surface area contributed by atoms with Gasteiger partial charge in [0.1, 0.15) is 11.3 Å². The zero-order chi connectivity index (χ0) is 24.6. The van der Waals surface area contributed by atoms with Gasteiger partial charge in [0.15, 0.2) is 16.6 Å². The molecule has 0 aliphatic carbocycles. The lowest BCUT2D eigenvalue weighted by Gasteiger charge is -2.38. The van der Waals surface area contributed by atoms with Crippen molar-refractivity contribution in [2.45, 2.75) is 58.3 Å². The molecule has 180 valence electrons. The maximum absolute atomic E-state index is 12.7. The Morgan fingerprint density at radius 3 is 1.88 bits per heavy atom. The molecule has 0 aliphatic rings. The first-order valence-electron chi connectivity index (χ1n) is 10.8. The fourth-order valence-electron chi connectivity index (χ4n) is 3.32. The van der Waals surface area contributed by atoms with Gasteiger partial charge in [-0.1, -0.05) is 12.1 Å². The molecule has 7 nitrogen and oxygen atoms in total. The number of rotatable bonds is 12. The van der Waals surface area contributed by atoms with Gasteiger partial charge in [-0.05, 0) is 82.1 Å². The van der Waals surface area contributed by atoms with Crippen LogP contribution in [-0.4, -0.2) is 57.8 Å². The van der Waals surface area contributed by atoms with Crippen molar-refractivity contribution in [2.24, 2.45) is 0 Å². The van der Waals surface area contributed by atoms with Crippen LogP contribution >= 0.6 is 0 Å². The van der Waals surface area contributed by atoms with Gasteiger partial charge in [-0.15, -0.1) is 0 Å². The van der Waals surface area contributed by atoms with E-state index in [9.17, 15) is 9.59 Å². The molecule has 0 aromatic heterocycles. The van der Waals surface area contributed by atoms with Crippen molar-refractivity contribution in [1.82, 2.24) is 5.32 Å². The average molecular weight is 498 g/mol. The quantitative estimate of drug-likeness (QED) is 0.114. The minimum absolute atomic E-state index is 0.0469. The van der Waals surface area contributed by atoms with E-state index in [-0.39, 0.29) is 5.57 Å². The van der Waals surface area contributed by atoms with E-state index < -0.39 is 37.1 Å². The predicted octanol–water partition coefficient (Wildman–Crippen LogP) is 4.53. The third-order valence-corrected chi connectivity index (χ3v) is 13.8. The minimum atomic E-state index is -2.36. The Balaban J connectivity index is 2.82. The molecule has 0 heterocycles. The maximum atomic E-state index is 12.7. The lowest BCUT2D eigenvalue weighted by molar-refractivity contribution is -0.137. The van der Waals surface area contributed by atoms with Crippen molar-refractivity contribution in [2.75, 3.05) is 20.8 Å². The van der Waals surface area contributed by atoms with E-state index in [1.165, 1.54) is 13.2 Å². The Hall–Kier alpha value is -1.73. The van der Waals surface area contributed by atoms with Crippen molar-refractivity contribution in [3.05, 3.63) is 35.4 Å². The van der Waals surface area contributed by atoms with Crippen LogP contribution in [0.5, 0.6) is 5.75 Å². The number of benzene rings is 1. The molecule has 0 bridgehead atoms. The summed E-state index contributed by atoms with van der Waals surface area (Å²) in [6, 6.07) is 7.85. The van der Waals surface area contributed by atoms with Gasteiger partial charge in [0.2, 0.25) is 0 Å². The van der Waals surface area contributed by atoms with Crippen molar-refractivity contribution in [3.8, 4) is 5.75 Å². The number of esters is 1. The van der Waals surface area contributed by atoms with Gasteiger partial charge in [-0.25, -0.2) is 4.79 Å². The molecule has 0 saturated carbocycles. The van der Waals surface area contributed by atoms with Crippen LogP contribution in [-0.2, 0) is 22.6 Å². The summed E-state index contributed by atoms with van der Waals surface area (Å²) in [5.41, 5.74) is 0.655. The number of carbonyl (C=O) groups excluding carboxylic acids is 2. The largest absolute Gasteiger partial charge is 0.497 e.